The highest BCUT2D eigenvalue weighted by Gasteiger charge is 2.42. The summed E-state index contributed by atoms with van der Waals surface area (Å²) >= 11 is 0. The molecule has 0 aromatic heterocycles. The van der Waals surface area contributed by atoms with Crippen molar-refractivity contribution in [3.8, 4) is 0 Å². The number of hydrogen-bond donors (Lipinski definition) is 2. The van der Waals surface area contributed by atoms with Crippen molar-refractivity contribution >= 4 is 15.9 Å². The molecule has 0 bridgehead atoms. The van der Waals surface area contributed by atoms with Crippen LogP contribution in [0.3, 0.4) is 0 Å². The third-order valence-corrected chi connectivity index (χ3v) is 6.44. The molecule has 0 atom stereocenters. The lowest BCUT2D eigenvalue weighted by atomic mass is 10.1. The monoisotopic (exact) mass is 340 g/mol. The summed E-state index contributed by atoms with van der Waals surface area (Å²) in [6, 6.07) is 5.96. The van der Waals surface area contributed by atoms with Gasteiger partial charge in [-0.25, -0.2) is 8.42 Å². The van der Waals surface area contributed by atoms with Crippen LogP contribution in [0.15, 0.2) is 29.2 Å². The van der Waals surface area contributed by atoms with Crippen LogP contribution in [0.4, 0.5) is 0 Å². The van der Waals surface area contributed by atoms with E-state index in [1.807, 2.05) is 0 Å². The van der Waals surface area contributed by atoms with Gasteiger partial charge in [0.1, 0.15) is 0 Å². The largest absolute Gasteiger partial charge is 0.396 e. The van der Waals surface area contributed by atoms with Gasteiger partial charge in [0.25, 0.3) is 5.91 Å². The predicted molar refractivity (Wildman–Crippen MR) is 87.6 cm³/mol. The molecule has 1 aromatic carbocycles. The minimum atomic E-state index is -3.50. The van der Waals surface area contributed by atoms with Crippen LogP contribution in [0.25, 0.3) is 0 Å². The van der Waals surface area contributed by atoms with E-state index in [2.05, 4.69) is 5.32 Å². The lowest BCUT2D eigenvalue weighted by Crippen LogP contribution is -2.32. The van der Waals surface area contributed by atoms with Gasteiger partial charge in [-0.2, -0.15) is 4.31 Å². The molecule has 0 spiro atoms. The molecule has 0 heterocycles. The van der Waals surface area contributed by atoms with Crippen LogP contribution in [0.5, 0.6) is 0 Å². The van der Waals surface area contributed by atoms with Gasteiger partial charge in [-0.1, -0.05) is 13.8 Å². The van der Waals surface area contributed by atoms with Crippen LogP contribution < -0.4 is 5.32 Å². The van der Waals surface area contributed by atoms with Crippen molar-refractivity contribution in [2.24, 2.45) is 5.41 Å². The highest BCUT2D eigenvalue weighted by atomic mass is 32.2. The first-order valence-electron chi connectivity index (χ1n) is 7.88. The van der Waals surface area contributed by atoms with Crippen molar-refractivity contribution < 1.29 is 18.3 Å². The van der Waals surface area contributed by atoms with Gasteiger partial charge in [0, 0.05) is 30.6 Å². The first-order chi connectivity index (χ1) is 10.9. The van der Waals surface area contributed by atoms with Gasteiger partial charge < -0.3 is 10.4 Å². The molecule has 23 heavy (non-hydrogen) atoms. The molecule has 128 valence electrons. The summed E-state index contributed by atoms with van der Waals surface area (Å²) in [5.41, 5.74) is 0.263. The third-order valence-electron chi connectivity index (χ3n) is 4.38. The highest BCUT2D eigenvalue weighted by Crippen LogP contribution is 2.44. The molecule has 1 aliphatic carbocycles. The van der Waals surface area contributed by atoms with E-state index >= 15 is 0 Å². The number of aliphatic hydroxyl groups excluding tert-OH is 1. The standard InChI is InChI=1S/C16H24N2O4S/c1-3-18(4-2)23(21,22)14-7-5-13(6-8-14)15(20)17-11-16(12-19)9-10-16/h5-8,19H,3-4,9-12H2,1-2H3,(H,17,20). The maximum absolute atomic E-state index is 12.4. The van der Waals surface area contributed by atoms with E-state index in [4.69, 9.17) is 0 Å². The average molecular weight is 340 g/mol. The van der Waals surface area contributed by atoms with E-state index in [-0.39, 0.29) is 22.8 Å². The maximum atomic E-state index is 12.4. The van der Waals surface area contributed by atoms with Crippen LogP contribution in [0.1, 0.15) is 37.0 Å². The van der Waals surface area contributed by atoms with Gasteiger partial charge >= 0.3 is 0 Å². The molecule has 2 rings (SSSR count). The smallest absolute Gasteiger partial charge is 0.251 e. The molecule has 2 N–H and O–H groups in total. The van der Waals surface area contributed by atoms with Crippen LogP contribution in [-0.4, -0.2) is 50.0 Å². The SMILES string of the molecule is CCN(CC)S(=O)(=O)c1ccc(C(=O)NCC2(CO)CC2)cc1. The van der Waals surface area contributed by atoms with E-state index < -0.39 is 10.0 Å². The Morgan fingerprint density at radius 1 is 1.22 bits per heavy atom. The fourth-order valence-corrected chi connectivity index (χ4v) is 3.89. The highest BCUT2D eigenvalue weighted by molar-refractivity contribution is 7.89. The van der Waals surface area contributed by atoms with Crippen LogP contribution in [-0.2, 0) is 10.0 Å². The zero-order valence-corrected chi connectivity index (χ0v) is 14.4. The van der Waals surface area contributed by atoms with Crippen molar-refractivity contribution in [1.29, 1.82) is 0 Å². The Bertz CT molecular complexity index is 647. The molecule has 0 unspecified atom stereocenters. The maximum Gasteiger partial charge on any atom is 0.251 e. The van der Waals surface area contributed by atoms with Crippen LogP contribution in [0.2, 0.25) is 0 Å². The summed E-state index contributed by atoms with van der Waals surface area (Å²) in [7, 11) is -3.50. The Morgan fingerprint density at radius 3 is 2.22 bits per heavy atom. The summed E-state index contributed by atoms with van der Waals surface area (Å²) in [4.78, 5) is 12.3. The normalized spacial score (nSPS) is 16.3. The molecule has 1 fully saturated rings. The molecule has 0 radical (unpaired) electrons. The first kappa shape index (κ1) is 17.9. The number of benzene rings is 1. The van der Waals surface area contributed by atoms with Crippen molar-refractivity contribution in [2.45, 2.75) is 31.6 Å². The Balaban J connectivity index is 2.05. The van der Waals surface area contributed by atoms with Crippen LogP contribution in [0, 0.1) is 5.41 Å². The van der Waals surface area contributed by atoms with Gasteiger partial charge in [0.15, 0.2) is 0 Å². The summed E-state index contributed by atoms with van der Waals surface area (Å²) in [5.74, 6) is -0.253. The molecular weight excluding hydrogens is 316 g/mol. The third kappa shape index (κ3) is 3.91. The second-order valence-corrected chi connectivity index (χ2v) is 7.89. The molecule has 1 aromatic rings. The number of nitrogens with one attached hydrogen (secondary N) is 1. The summed E-state index contributed by atoms with van der Waals surface area (Å²) in [6.07, 6.45) is 1.84. The summed E-state index contributed by atoms with van der Waals surface area (Å²) in [5, 5.41) is 12.0. The second kappa shape index (κ2) is 6.98. The number of amides is 1. The number of nitrogens with zero attached hydrogens (tertiary/aromatic N) is 1. The second-order valence-electron chi connectivity index (χ2n) is 5.95. The molecule has 6 nitrogen and oxygen atoms in total. The van der Waals surface area contributed by atoms with Gasteiger partial charge in [-0.15, -0.1) is 0 Å². The lowest BCUT2D eigenvalue weighted by molar-refractivity contribution is 0.0935. The molecular formula is C16H24N2O4S. The van der Waals surface area contributed by atoms with E-state index in [0.717, 1.165) is 12.8 Å². The number of hydrogen-bond acceptors (Lipinski definition) is 4. The zero-order chi connectivity index (χ0) is 17.1. The van der Waals surface area contributed by atoms with Crippen molar-refractivity contribution in [3.63, 3.8) is 0 Å². The van der Waals surface area contributed by atoms with E-state index in [0.29, 0.717) is 25.2 Å². The number of carbonyl (C=O) groups is 1. The number of carbonyl (C=O) groups excluding carboxylic acids is 1. The Kier molecular flexibility index (Phi) is 5.44. The van der Waals surface area contributed by atoms with E-state index in [9.17, 15) is 18.3 Å². The molecule has 1 saturated carbocycles. The quantitative estimate of drug-likeness (QED) is 0.745. The van der Waals surface area contributed by atoms with Crippen LogP contribution >= 0.6 is 0 Å². The van der Waals surface area contributed by atoms with E-state index in [1.165, 1.54) is 28.6 Å². The van der Waals surface area contributed by atoms with Gasteiger partial charge in [0.05, 0.1) is 11.5 Å². The average Bonchev–Trinajstić information content (AvgIpc) is 3.34. The van der Waals surface area contributed by atoms with Gasteiger partial charge in [-0.3, -0.25) is 4.79 Å². The van der Waals surface area contributed by atoms with Crippen molar-refractivity contribution in [3.05, 3.63) is 29.8 Å². The van der Waals surface area contributed by atoms with Crippen molar-refractivity contribution in [1.82, 2.24) is 9.62 Å². The predicted octanol–water partition coefficient (Wildman–Crippen LogP) is 1.22. The Morgan fingerprint density at radius 2 is 1.78 bits per heavy atom. The lowest BCUT2D eigenvalue weighted by Gasteiger charge is -2.18. The summed E-state index contributed by atoms with van der Waals surface area (Å²) in [6.45, 7) is 4.92. The molecule has 0 saturated heterocycles. The minimum absolute atomic E-state index is 0.0777. The minimum Gasteiger partial charge on any atom is -0.396 e. The number of aliphatic hydroxyl groups is 1. The molecule has 1 amide bonds. The van der Waals surface area contributed by atoms with Gasteiger partial charge in [0.2, 0.25) is 10.0 Å². The topological polar surface area (TPSA) is 86.7 Å². The Labute approximate surface area is 137 Å². The van der Waals surface area contributed by atoms with Crippen molar-refractivity contribution in [2.75, 3.05) is 26.2 Å². The first-order valence-corrected chi connectivity index (χ1v) is 9.32. The zero-order valence-electron chi connectivity index (χ0n) is 13.6. The molecule has 1 aliphatic rings. The molecule has 0 aliphatic heterocycles. The Hall–Kier alpha value is -1.44. The number of rotatable bonds is 8. The fraction of sp³-hybridized carbons (Fsp3) is 0.562. The molecule has 7 heteroatoms. The van der Waals surface area contributed by atoms with E-state index in [1.54, 1.807) is 13.8 Å². The van der Waals surface area contributed by atoms with Gasteiger partial charge in [-0.05, 0) is 37.1 Å². The fourth-order valence-electron chi connectivity index (χ4n) is 2.43. The summed E-state index contributed by atoms with van der Waals surface area (Å²) < 4.78 is 26.1. The number of sulfonamides is 1.